The molecular formula is C9H19NO3S. The van der Waals surface area contributed by atoms with Gasteiger partial charge in [0.15, 0.2) is 0 Å². The van der Waals surface area contributed by atoms with Gasteiger partial charge in [-0.2, -0.15) is 0 Å². The highest BCUT2D eigenvalue weighted by atomic mass is 32.2. The predicted octanol–water partition coefficient (Wildman–Crippen LogP) is -0.122. The lowest BCUT2D eigenvalue weighted by atomic mass is 9.94. The molecule has 1 saturated heterocycles. The highest BCUT2D eigenvalue weighted by Crippen LogP contribution is 2.20. The van der Waals surface area contributed by atoms with Crippen LogP contribution < -0.4 is 0 Å². The molecule has 0 atom stereocenters. The van der Waals surface area contributed by atoms with Gasteiger partial charge in [0.25, 0.3) is 0 Å². The molecule has 1 rings (SSSR count). The van der Waals surface area contributed by atoms with Gasteiger partial charge in [0.2, 0.25) is 0 Å². The Kier molecular flexibility index (Phi) is 3.55. The molecule has 0 amide bonds. The summed E-state index contributed by atoms with van der Waals surface area (Å²) in [6, 6.07) is 0. The van der Waals surface area contributed by atoms with Crippen molar-refractivity contribution >= 4 is 9.84 Å². The van der Waals surface area contributed by atoms with E-state index in [0.29, 0.717) is 6.54 Å². The van der Waals surface area contributed by atoms with E-state index in [-0.39, 0.29) is 5.75 Å². The first-order valence-corrected chi connectivity index (χ1v) is 6.97. The van der Waals surface area contributed by atoms with Crippen LogP contribution in [0, 0.1) is 0 Å². The standard InChI is InChI=1S/C9H19NO3S/c1-9(11)3-5-10(6-4-9)7-8-14(2,12)13/h11H,3-8H2,1-2H3. The van der Waals surface area contributed by atoms with Gasteiger partial charge < -0.3 is 10.0 Å². The zero-order chi connectivity index (χ0) is 10.8. The van der Waals surface area contributed by atoms with Gasteiger partial charge in [-0.1, -0.05) is 0 Å². The molecule has 1 aliphatic rings. The summed E-state index contributed by atoms with van der Waals surface area (Å²) in [6.07, 6.45) is 2.72. The molecule has 0 aromatic heterocycles. The number of likely N-dealkylation sites (tertiary alicyclic amines) is 1. The molecule has 84 valence electrons. The van der Waals surface area contributed by atoms with Crippen LogP contribution >= 0.6 is 0 Å². The Morgan fingerprint density at radius 2 is 1.86 bits per heavy atom. The molecule has 0 unspecified atom stereocenters. The third kappa shape index (κ3) is 4.39. The maximum atomic E-state index is 10.9. The largest absolute Gasteiger partial charge is 0.390 e. The van der Waals surface area contributed by atoms with E-state index in [0.717, 1.165) is 25.9 Å². The van der Waals surface area contributed by atoms with Gasteiger partial charge in [0.1, 0.15) is 9.84 Å². The predicted molar refractivity (Wildman–Crippen MR) is 56.0 cm³/mol. The molecule has 0 radical (unpaired) electrons. The molecule has 0 spiro atoms. The molecule has 0 aliphatic carbocycles. The summed E-state index contributed by atoms with van der Waals surface area (Å²) in [5.41, 5.74) is -0.554. The molecular weight excluding hydrogens is 202 g/mol. The molecule has 1 aliphatic heterocycles. The summed E-state index contributed by atoms with van der Waals surface area (Å²) in [5.74, 6) is 0.217. The molecule has 0 saturated carbocycles. The van der Waals surface area contributed by atoms with Crippen molar-refractivity contribution in [2.75, 3.05) is 31.6 Å². The van der Waals surface area contributed by atoms with Gasteiger partial charge in [-0.15, -0.1) is 0 Å². The minimum atomic E-state index is -2.86. The third-order valence-corrected chi connectivity index (χ3v) is 3.64. The summed E-state index contributed by atoms with van der Waals surface area (Å²) >= 11 is 0. The monoisotopic (exact) mass is 221 g/mol. The third-order valence-electron chi connectivity index (χ3n) is 2.71. The Bertz CT molecular complexity index is 274. The number of rotatable bonds is 3. The van der Waals surface area contributed by atoms with Crippen molar-refractivity contribution in [3.8, 4) is 0 Å². The Morgan fingerprint density at radius 1 is 1.36 bits per heavy atom. The molecule has 1 fully saturated rings. The van der Waals surface area contributed by atoms with Crippen LogP contribution in [0.2, 0.25) is 0 Å². The van der Waals surface area contributed by atoms with Crippen molar-refractivity contribution in [3.05, 3.63) is 0 Å². The van der Waals surface area contributed by atoms with Crippen LogP contribution in [0.3, 0.4) is 0 Å². The number of piperidine rings is 1. The molecule has 5 heteroatoms. The molecule has 14 heavy (non-hydrogen) atoms. The molecule has 1 heterocycles. The number of hydrogen-bond donors (Lipinski definition) is 1. The van der Waals surface area contributed by atoms with Gasteiger partial charge in [0.05, 0.1) is 11.4 Å². The van der Waals surface area contributed by atoms with E-state index in [9.17, 15) is 13.5 Å². The highest BCUT2D eigenvalue weighted by Gasteiger charge is 2.27. The van der Waals surface area contributed by atoms with Crippen LogP contribution in [-0.4, -0.2) is 55.7 Å². The topological polar surface area (TPSA) is 57.6 Å². The van der Waals surface area contributed by atoms with E-state index < -0.39 is 15.4 Å². The van der Waals surface area contributed by atoms with E-state index in [1.165, 1.54) is 6.26 Å². The maximum Gasteiger partial charge on any atom is 0.148 e. The lowest BCUT2D eigenvalue weighted by molar-refractivity contribution is -0.00371. The first-order chi connectivity index (χ1) is 6.29. The van der Waals surface area contributed by atoms with Gasteiger partial charge in [0, 0.05) is 25.9 Å². The number of aliphatic hydroxyl groups is 1. The van der Waals surface area contributed by atoms with E-state index in [1.54, 1.807) is 0 Å². The smallest absolute Gasteiger partial charge is 0.148 e. The fourth-order valence-corrected chi connectivity index (χ4v) is 2.14. The van der Waals surface area contributed by atoms with Crippen LogP contribution in [0.15, 0.2) is 0 Å². The van der Waals surface area contributed by atoms with Crippen molar-refractivity contribution in [1.29, 1.82) is 0 Å². The van der Waals surface area contributed by atoms with Crippen molar-refractivity contribution in [2.24, 2.45) is 0 Å². The zero-order valence-corrected chi connectivity index (χ0v) is 9.68. The minimum absolute atomic E-state index is 0.217. The average Bonchev–Trinajstić information content (AvgIpc) is 2.01. The average molecular weight is 221 g/mol. The Labute approximate surface area is 85.8 Å². The Morgan fingerprint density at radius 3 is 2.29 bits per heavy atom. The normalized spacial score (nSPS) is 23.6. The van der Waals surface area contributed by atoms with Gasteiger partial charge in [-0.05, 0) is 19.8 Å². The van der Waals surface area contributed by atoms with Gasteiger partial charge in [-0.25, -0.2) is 8.42 Å². The lowest BCUT2D eigenvalue weighted by Gasteiger charge is -2.35. The molecule has 0 aromatic rings. The van der Waals surface area contributed by atoms with Crippen molar-refractivity contribution in [1.82, 2.24) is 4.90 Å². The summed E-state index contributed by atoms with van der Waals surface area (Å²) in [6.45, 7) is 4.01. The first-order valence-electron chi connectivity index (χ1n) is 4.91. The van der Waals surface area contributed by atoms with Gasteiger partial charge >= 0.3 is 0 Å². The summed E-state index contributed by atoms with van der Waals surface area (Å²) in [7, 11) is -2.86. The van der Waals surface area contributed by atoms with Crippen molar-refractivity contribution in [2.45, 2.75) is 25.4 Å². The zero-order valence-electron chi connectivity index (χ0n) is 8.86. The maximum absolute atomic E-state index is 10.9. The second kappa shape index (κ2) is 4.16. The number of hydrogen-bond acceptors (Lipinski definition) is 4. The molecule has 4 nitrogen and oxygen atoms in total. The fourth-order valence-electron chi connectivity index (χ4n) is 1.55. The fraction of sp³-hybridized carbons (Fsp3) is 1.00. The number of nitrogens with zero attached hydrogens (tertiary/aromatic N) is 1. The minimum Gasteiger partial charge on any atom is -0.390 e. The number of sulfone groups is 1. The first kappa shape index (κ1) is 11.9. The summed E-state index contributed by atoms with van der Waals surface area (Å²) < 4.78 is 21.9. The van der Waals surface area contributed by atoms with Crippen LogP contribution in [0.4, 0.5) is 0 Å². The Hall–Kier alpha value is -0.130. The quantitative estimate of drug-likeness (QED) is 0.722. The second-order valence-electron chi connectivity index (χ2n) is 4.47. The molecule has 1 N–H and O–H groups in total. The Balaban J connectivity index is 2.30. The highest BCUT2D eigenvalue weighted by molar-refractivity contribution is 7.90. The van der Waals surface area contributed by atoms with Crippen molar-refractivity contribution in [3.63, 3.8) is 0 Å². The van der Waals surface area contributed by atoms with E-state index in [1.807, 2.05) is 6.92 Å². The SMILES string of the molecule is CC1(O)CCN(CCS(C)(=O)=O)CC1. The van der Waals surface area contributed by atoms with E-state index in [2.05, 4.69) is 4.90 Å². The summed E-state index contributed by atoms with van der Waals surface area (Å²) in [4.78, 5) is 2.10. The lowest BCUT2D eigenvalue weighted by Crippen LogP contribution is -2.43. The molecule has 0 bridgehead atoms. The van der Waals surface area contributed by atoms with Gasteiger partial charge in [-0.3, -0.25) is 0 Å². The van der Waals surface area contributed by atoms with Crippen molar-refractivity contribution < 1.29 is 13.5 Å². The summed E-state index contributed by atoms with van der Waals surface area (Å²) in [5, 5.41) is 9.68. The van der Waals surface area contributed by atoms with E-state index in [4.69, 9.17) is 0 Å². The van der Waals surface area contributed by atoms with Crippen LogP contribution in [-0.2, 0) is 9.84 Å². The van der Waals surface area contributed by atoms with Crippen LogP contribution in [0.1, 0.15) is 19.8 Å². The second-order valence-corrected chi connectivity index (χ2v) is 6.73. The molecule has 0 aromatic carbocycles. The van der Waals surface area contributed by atoms with Crippen LogP contribution in [0.5, 0.6) is 0 Å². The van der Waals surface area contributed by atoms with E-state index >= 15 is 0 Å². The van der Waals surface area contributed by atoms with Crippen LogP contribution in [0.25, 0.3) is 0 Å².